The maximum Gasteiger partial charge on any atom is 0.140 e. The number of hydrogen-bond acceptors (Lipinski definition) is 2. The Bertz CT molecular complexity index is 192. The molecule has 1 fully saturated rings. The summed E-state index contributed by atoms with van der Waals surface area (Å²) in [7, 11) is 0. The highest BCUT2D eigenvalue weighted by Crippen LogP contribution is 2.30. The first-order chi connectivity index (χ1) is 4.99. The van der Waals surface area contributed by atoms with Crippen molar-refractivity contribution in [2.75, 3.05) is 0 Å². The van der Waals surface area contributed by atoms with E-state index in [0.717, 1.165) is 6.42 Å². The van der Waals surface area contributed by atoms with Crippen LogP contribution in [0, 0.1) is 5.41 Å². The van der Waals surface area contributed by atoms with E-state index in [1.807, 2.05) is 13.8 Å². The fourth-order valence-corrected chi connectivity index (χ4v) is 1.47. The van der Waals surface area contributed by atoms with E-state index in [2.05, 4.69) is 0 Å². The van der Waals surface area contributed by atoms with E-state index >= 15 is 0 Å². The van der Waals surface area contributed by atoms with Crippen molar-refractivity contribution >= 4 is 11.6 Å². The van der Waals surface area contributed by atoms with Gasteiger partial charge >= 0.3 is 0 Å². The van der Waals surface area contributed by atoms with Crippen molar-refractivity contribution in [2.24, 2.45) is 5.41 Å². The number of Topliss-reactive ketones (excluding diaryl/α,β-unsaturated/α-hetero) is 2. The minimum absolute atomic E-state index is 0.0449. The van der Waals surface area contributed by atoms with Gasteiger partial charge in [-0.1, -0.05) is 13.8 Å². The van der Waals surface area contributed by atoms with Gasteiger partial charge in [-0.3, -0.25) is 9.59 Å². The maximum absolute atomic E-state index is 11.1. The molecule has 11 heavy (non-hydrogen) atoms. The average molecular weight is 154 g/mol. The zero-order valence-electron chi connectivity index (χ0n) is 7.14. The first kappa shape index (κ1) is 8.44. The lowest BCUT2D eigenvalue weighted by Gasteiger charge is -2.19. The van der Waals surface area contributed by atoms with E-state index in [9.17, 15) is 9.59 Å². The monoisotopic (exact) mass is 154 g/mol. The van der Waals surface area contributed by atoms with Gasteiger partial charge < -0.3 is 0 Å². The molecular formula is C9H14O2. The first-order valence-corrected chi connectivity index (χ1v) is 4.03. The second kappa shape index (κ2) is 2.76. The normalized spacial score (nSPS) is 24.9. The van der Waals surface area contributed by atoms with Crippen LogP contribution in [0.3, 0.4) is 0 Å². The van der Waals surface area contributed by atoms with Gasteiger partial charge in [0.2, 0.25) is 0 Å². The Balaban J connectivity index is 2.68. The van der Waals surface area contributed by atoms with Gasteiger partial charge in [-0.25, -0.2) is 0 Å². The van der Waals surface area contributed by atoms with Crippen LogP contribution in [0.2, 0.25) is 0 Å². The molecule has 0 unspecified atom stereocenters. The van der Waals surface area contributed by atoms with Crippen LogP contribution in [-0.2, 0) is 9.59 Å². The molecule has 62 valence electrons. The molecule has 1 aliphatic carbocycles. The van der Waals surface area contributed by atoms with Gasteiger partial charge in [0.1, 0.15) is 11.6 Å². The lowest BCUT2D eigenvalue weighted by atomic mass is 9.85. The quantitative estimate of drug-likeness (QED) is 0.393. The Morgan fingerprint density at radius 3 is 2.45 bits per heavy atom. The van der Waals surface area contributed by atoms with Crippen LogP contribution in [0.4, 0.5) is 0 Å². The maximum atomic E-state index is 11.1. The Morgan fingerprint density at radius 2 is 1.82 bits per heavy atom. The van der Waals surface area contributed by atoms with E-state index < -0.39 is 0 Å². The standard InChI is InChI=1S/C9H14O2/c1-9(2)4-3-7(10)5-8(11)6-9/h3-6H2,1-2H3. The highest BCUT2D eigenvalue weighted by atomic mass is 16.1. The van der Waals surface area contributed by atoms with Crippen molar-refractivity contribution in [1.29, 1.82) is 0 Å². The molecule has 0 heterocycles. The van der Waals surface area contributed by atoms with E-state index in [4.69, 9.17) is 0 Å². The lowest BCUT2D eigenvalue weighted by molar-refractivity contribution is -0.126. The lowest BCUT2D eigenvalue weighted by Crippen LogP contribution is -2.13. The van der Waals surface area contributed by atoms with Crippen molar-refractivity contribution in [3.8, 4) is 0 Å². The number of rotatable bonds is 0. The van der Waals surface area contributed by atoms with E-state index in [0.29, 0.717) is 12.8 Å². The molecule has 0 radical (unpaired) electrons. The van der Waals surface area contributed by atoms with Crippen LogP contribution in [0.1, 0.15) is 39.5 Å². The molecule has 0 bridgehead atoms. The minimum Gasteiger partial charge on any atom is -0.299 e. The number of ketones is 2. The second-order valence-corrected chi connectivity index (χ2v) is 4.10. The largest absolute Gasteiger partial charge is 0.299 e. The SMILES string of the molecule is CC1(C)CCC(=O)CC(=O)C1. The third kappa shape index (κ3) is 2.45. The molecule has 2 nitrogen and oxygen atoms in total. The van der Waals surface area contributed by atoms with Crippen LogP contribution >= 0.6 is 0 Å². The van der Waals surface area contributed by atoms with Gasteiger partial charge in [-0.15, -0.1) is 0 Å². The van der Waals surface area contributed by atoms with Gasteiger partial charge in [-0.05, 0) is 11.8 Å². The third-order valence-electron chi connectivity index (χ3n) is 2.15. The third-order valence-corrected chi connectivity index (χ3v) is 2.15. The van der Waals surface area contributed by atoms with Crippen molar-refractivity contribution in [2.45, 2.75) is 39.5 Å². The fourth-order valence-electron chi connectivity index (χ4n) is 1.47. The molecule has 0 spiro atoms. The predicted octanol–water partition coefficient (Wildman–Crippen LogP) is 1.72. The molecule has 1 aliphatic rings. The second-order valence-electron chi connectivity index (χ2n) is 4.10. The first-order valence-electron chi connectivity index (χ1n) is 4.03. The summed E-state index contributed by atoms with van der Waals surface area (Å²) in [6, 6.07) is 0. The molecule has 1 rings (SSSR count). The number of carbonyl (C=O) groups is 2. The molecule has 0 aromatic carbocycles. The van der Waals surface area contributed by atoms with Gasteiger partial charge in [0.05, 0.1) is 6.42 Å². The summed E-state index contributed by atoms with van der Waals surface area (Å²) in [6.45, 7) is 4.09. The van der Waals surface area contributed by atoms with Gasteiger partial charge in [-0.2, -0.15) is 0 Å². The minimum atomic E-state index is 0.0449. The zero-order valence-corrected chi connectivity index (χ0v) is 7.14. The summed E-state index contributed by atoms with van der Waals surface area (Å²) >= 11 is 0. The molecule has 0 atom stereocenters. The number of hydrogen-bond donors (Lipinski definition) is 0. The average Bonchev–Trinajstić information content (AvgIpc) is 1.90. The Labute approximate surface area is 67.0 Å². The van der Waals surface area contributed by atoms with Crippen molar-refractivity contribution in [3.63, 3.8) is 0 Å². The summed E-state index contributed by atoms with van der Waals surface area (Å²) < 4.78 is 0. The zero-order chi connectivity index (χ0) is 8.48. The molecule has 2 heteroatoms. The summed E-state index contributed by atoms with van der Waals surface area (Å²) in [4.78, 5) is 22.0. The predicted molar refractivity (Wildman–Crippen MR) is 42.3 cm³/mol. The summed E-state index contributed by atoms with van der Waals surface area (Å²) in [5.74, 6) is 0.220. The molecule has 1 saturated carbocycles. The molecule has 0 saturated heterocycles. The Kier molecular flexibility index (Phi) is 2.12. The summed E-state index contributed by atoms with van der Waals surface area (Å²) in [5, 5.41) is 0. The van der Waals surface area contributed by atoms with Crippen LogP contribution in [-0.4, -0.2) is 11.6 Å². The Hall–Kier alpha value is -0.660. The molecule has 0 aliphatic heterocycles. The van der Waals surface area contributed by atoms with Crippen molar-refractivity contribution in [1.82, 2.24) is 0 Å². The number of carbonyl (C=O) groups excluding carboxylic acids is 2. The van der Waals surface area contributed by atoms with Crippen LogP contribution in [0.15, 0.2) is 0 Å². The van der Waals surface area contributed by atoms with Crippen molar-refractivity contribution in [3.05, 3.63) is 0 Å². The fraction of sp³-hybridized carbons (Fsp3) is 0.778. The smallest absolute Gasteiger partial charge is 0.140 e. The van der Waals surface area contributed by atoms with E-state index in [1.54, 1.807) is 0 Å². The van der Waals surface area contributed by atoms with Crippen LogP contribution in [0.25, 0.3) is 0 Å². The van der Waals surface area contributed by atoms with E-state index in [1.165, 1.54) is 0 Å². The van der Waals surface area contributed by atoms with Gasteiger partial charge in [0, 0.05) is 12.8 Å². The van der Waals surface area contributed by atoms with Crippen LogP contribution < -0.4 is 0 Å². The van der Waals surface area contributed by atoms with E-state index in [-0.39, 0.29) is 23.4 Å². The molecule has 0 aromatic heterocycles. The molecular weight excluding hydrogens is 140 g/mol. The molecule has 0 amide bonds. The van der Waals surface area contributed by atoms with Gasteiger partial charge in [0.15, 0.2) is 0 Å². The molecule has 0 aromatic rings. The highest BCUT2D eigenvalue weighted by Gasteiger charge is 2.27. The highest BCUT2D eigenvalue weighted by molar-refractivity contribution is 6.00. The van der Waals surface area contributed by atoms with Crippen LogP contribution in [0.5, 0.6) is 0 Å². The molecule has 0 N–H and O–H groups in total. The summed E-state index contributed by atoms with van der Waals surface area (Å²) in [6.07, 6.45) is 2.18. The van der Waals surface area contributed by atoms with Crippen molar-refractivity contribution < 1.29 is 9.59 Å². The topological polar surface area (TPSA) is 34.1 Å². The summed E-state index contributed by atoms with van der Waals surface area (Å²) in [5.41, 5.74) is 0.0449. The Morgan fingerprint density at radius 1 is 1.18 bits per heavy atom. The van der Waals surface area contributed by atoms with Gasteiger partial charge in [0.25, 0.3) is 0 Å².